The van der Waals surface area contributed by atoms with Crippen LogP contribution in [-0.4, -0.2) is 12.0 Å². The fraction of sp³-hybridized carbons (Fsp3) is 0.125. The molecule has 0 aliphatic carbocycles. The van der Waals surface area contributed by atoms with Gasteiger partial charge in [-0.25, -0.2) is 0 Å². The van der Waals surface area contributed by atoms with Crippen LogP contribution < -0.4 is 0 Å². The molecule has 0 N–H and O–H groups in total. The van der Waals surface area contributed by atoms with Gasteiger partial charge in [0.25, 0.3) is 5.78 Å². The molecule has 1 rings (SSSR count). The zero-order valence-electron chi connectivity index (χ0n) is 6.53. The van der Waals surface area contributed by atoms with E-state index in [2.05, 4.69) is 0 Å². The van der Waals surface area contributed by atoms with Crippen molar-refractivity contribution < 1.29 is 18.0 Å². The largest absolute Gasteiger partial charge is 0.454 e. The van der Waals surface area contributed by atoms with Crippen molar-refractivity contribution in [2.45, 2.75) is 6.18 Å². The van der Waals surface area contributed by atoms with E-state index in [9.17, 15) is 18.0 Å². The summed E-state index contributed by atoms with van der Waals surface area (Å²) >= 11 is 3.87. The SMILES string of the molecule is O=C(c1ccc(I)c(I)c1)C(F)(F)F. The second-order valence-corrected chi connectivity index (χ2v) is 4.78. The predicted molar refractivity (Wildman–Crippen MR) is 62.3 cm³/mol. The molecule has 1 aromatic rings. The molecule has 0 saturated heterocycles. The Morgan fingerprint density at radius 1 is 1.14 bits per heavy atom. The summed E-state index contributed by atoms with van der Waals surface area (Å²) in [6, 6.07) is 3.90. The third kappa shape index (κ3) is 2.81. The molecular formula is C8H3F3I2O. The molecule has 0 aliphatic rings. The molecule has 0 saturated carbocycles. The molecule has 0 fully saturated rings. The summed E-state index contributed by atoms with van der Waals surface area (Å²) in [4.78, 5) is 10.8. The summed E-state index contributed by atoms with van der Waals surface area (Å²) in [6.07, 6.45) is -4.80. The lowest BCUT2D eigenvalue weighted by molar-refractivity contribution is -0.0885. The topological polar surface area (TPSA) is 17.1 Å². The summed E-state index contributed by atoms with van der Waals surface area (Å²) in [6.45, 7) is 0. The number of benzene rings is 1. The lowest BCUT2D eigenvalue weighted by atomic mass is 10.1. The number of hydrogen-bond acceptors (Lipinski definition) is 1. The van der Waals surface area contributed by atoms with E-state index in [-0.39, 0.29) is 5.56 Å². The van der Waals surface area contributed by atoms with Crippen molar-refractivity contribution in [3.05, 3.63) is 30.9 Å². The van der Waals surface area contributed by atoms with Gasteiger partial charge in [0.1, 0.15) is 0 Å². The number of carbonyl (C=O) groups excluding carboxylic acids is 1. The van der Waals surface area contributed by atoms with E-state index < -0.39 is 12.0 Å². The van der Waals surface area contributed by atoms with Crippen LogP contribution in [0.1, 0.15) is 10.4 Å². The molecule has 0 spiro atoms. The minimum atomic E-state index is -4.80. The maximum absolute atomic E-state index is 12.0. The zero-order chi connectivity index (χ0) is 10.9. The number of alkyl halides is 3. The number of carbonyl (C=O) groups is 1. The van der Waals surface area contributed by atoms with Crippen molar-refractivity contribution in [2.75, 3.05) is 0 Å². The molecule has 6 heteroatoms. The second kappa shape index (κ2) is 4.33. The molecule has 1 aromatic carbocycles. The summed E-state index contributed by atoms with van der Waals surface area (Å²) in [5, 5.41) is 0. The van der Waals surface area contributed by atoms with Crippen molar-refractivity contribution in [3.63, 3.8) is 0 Å². The maximum atomic E-state index is 12.0. The molecule has 0 aromatic heterocycles. The quantitative estimate of drug-likeness (QED) is 0.496. The second-order valence-electron chi connectivity index (χ2n) is 2.46. The Bertz CT molecular complexity index is 373. The molecule has 0 atom stereocenters. The highest BCUT2D eigenvalue weighted by molar-refractivity contribution is 14.1. The summed E-state index contributed by atoms with van der Waals surface area (Å²) < 4.78 is 37.5. The van der Waals surface area contributed by atoms with E-state index >= 15 is 0 Å². The maximum Gasteiger partial charge on any atom is 0.454 e. The zero-order valence-corrected chi connectivity index (χ0v) is 10.8. The molecule has 0 radical (unpaired) electrons. The lowest BCUT2D eigenvalue weighted by Gasteiger charge is -2.05. The van der Waals surface area contributed by atoms with Crippen LogP contribution in [0.25, 0.3) is 0 Å². The number of halogens is 5. The van der Waals surface area contributed by atoms with Crippen LogP contribution in [0.2, 0.25) is 0 Å². The number of rotatable bonds is 1. The van der Waals surface area contributed by atoms with Gasteiger partial charge in [-0.05, 0) is 63.4 Å². The molecule has 0 heterocycles. The highest BCUT2D eigenvalue weighted by atomic mass is 127. The van der Waals surface area contributed by atoms with Crippen molar-refractivity contribution in [1.29, 1.82) is 0 Å². The molecule has 0 aliphatic heterocycles. The van der Waals surface area contributed by atoms with Crippen LogP contribution in [0.3, 0.4) is 0 Å². The third-order valence-corrected chi connectivity index (χ3v) is 4.30. The van der Waals surface area contributed by atoms with Crippen molar-refractivity contribution in [1.82, 2.24) is 0 Å². The van der Waals surface area contributed by atoms with E-state index in [1.807, 2.05) is 45.2 Å². The third-order valence-electron chi connectivity index (χ3n) is 1.44. The molecule has 0 bridgehead atoms. The van der Waals surface area contributed by atoms with Gasteiger partial charge in [-0.1, -0.05) is 0 Å². The highest BCUT2D eigenvalue weighted by Gasteiger charge is 2.39. The lowest BCUT2D eigenvalue weighted by Crippen LogP contribution is -2.22. The van der Waals surface area contributed by atoms with Crippen LogP contribution in [-0.2, 0) is 0 Å². The first-order valence-electron chi connectivity index (χ1n) is 3.39. The van der Waals surface area contributed by atoms with Crippen LogP contribution in [0.5, 0.6) is 0 Å². The molecular weight excluding hydrogens is 423 g/mol. The van der Waals surface area contributed by atoms with E-state index in [0.717, 1.165) is 3.57 Å². The van der Waals surface area contributed by atoms with Crippen molar-refractivity contribution >= 4 is 51.0 Å². The molecule has 76 valence electrons. The van der Waals surface area contributed by atoms with E-state index in [4.69, 9.17) is 0 Å². The van der Waals surface area contributed by atoms with Gasteiger partial charge >= 0.3 is 6.18 Å². The summed E-state index contributed by atoms with van der Waals surface area (Å²) in [5.41, 5.74) is -0.317. The average Bonchev–Trinajstić information content (AvgIpc) is 2.07. The Kier molecular flexibility index (Phi) is 3.78. The average molecular weight is 426 g/mol. The Balaban J connectivity index is 3.10. The summed E-state index contributed by atoms with van der Waals surface area (Å²) in [5.74, 6) is -1.80. The Labute approximate surface area is 105 Å². The Morgan fingerprint density at radius 2 is 1.71 bits per heavy atom. The monoisotopic (exact) mass is 426 g/mol. The highest BCUT2D eigenvalue weighted by Crippen LogP contribution is 2.24. The fourth-order valence-electron chi connectivity index (χ4n) is 0.801. The van der Waals surface area contributed by atoms with Crippen molar-refractivity contribution in [3.8, 4) is 0 Å². The van der Waals surface area contributed by atoms with Gasteiger partial charge in [0.15, 0.2) is 0 Å². The van der Waals surface area contributed by atoms with Crippen molar-refractivity contribution in [2.24, 2.45) is 0 Å². The van der Waals surface area contributed by atoms with Gasteiger partial charge < -0.3 is 0 Å². The minimum Gasteiger partial charge on any atom is -0.284 e. The number of hydrogen-bond donors (Lipinski definition) is 0. The van der Waals surface area contributed by atoms with Gasteiger partial charge in [0, 0.05) is 12.7 Å². The normalized spacial score (nSPS) is 11.5. The molecule has 1 nitrogen and oxygen atoms in total. The van der Waals surface area contributed by atoms with E-state index in [1.54, 1.807) is 0 Å². The predicted octanol–water partition coefficient (Wildman–Crippen LogP) is 3.64. The van der Waals surface area contributed by atoms with E-state index in [0.29, 0.717) is 3.57 Å². The van der Waals surface area contributed by atoms with E-state index in [1.165, 1.54) is 18.2 Å². The van der Waals surface area contributed by atoms with Gasteiger partial charge in [-0.2, -0.15) is 13.2 Å². The Hall–Kier alpha value is 0.140. The molecule has 14 heavy (non-hydrogen) atoms. The van der Waals surface area contributed by atoms with Gasteiger partial charge in [0.05, 0.1) is 0 Å². The first-order valence-corrected chi connectivity index (χ1v) is 5.54. The van der Waals surface area contributed by atoms with Gasteiger partial charge in [0.2, 0.25) is 0 Å². The molecule has 0 unspecified atom stereocenters. The fourth-order valence-corrected chi connectivity index (χ4v) is 1.65. The smallest absolute Gasteiger partial charge is 0.284 e. The van der Waals surface area contributed by atoms with Crippen LogP contribution >= 0.6 is 45.2 Å². The van der Waals surface area contributed by atoms with Crippen LogP contribution in [0.4, 0.5) is 13.2 Å². The Morgan fingerprint density at radius 3 is 2.14 bits per heavy atom. The van der Waals surface area contributed by atoms with Crippen LogP contribution in [0, 0.1) is 7.14 Å². The number of Topliss-reactive ketones (excluding diaryl/α,β-unsaturated/α-hetero) is 1. The first-order chi connectivity index (χ1) is 6.32. The minimum absolute atomic E-state index is 0.317. The van der Waals surface area contributed by atoms with Gasteiger partial charge in [-0.3, -0.25) is 4.79 Å². The standard InChI is InChI=1S/C8H3F3I2O/c9-8(10,11)7(14)4-1-2-5(12)6(13)3-4/h1-3H. The molecule has 0 amide bonds. The van der Waals surface area contributed by atoms with Gasteiger partial charge in [-0.15, -0.1) is 0 Å². The van der Waals surface area contributed by atoms with Crippen LogP contribution in [0.15, 0.2) is 18.2 Å². The number of ketones is 1. The first kappa shape index (κ1) is 12.2. The summed E-state index contributed by atoms with van der Waals surface area (Å²) in [7, 11) is 0.